The number of aromatic nitrogens is 3. The minimum atomic E-state index is 0. The van der Waals surface area contributed by atoms with Crippen molar-refractivity contribution in [3.05, 3.63) is 66.6 Å². The van der Waals surface area contributed by atoms with Gasteiger partial charge in [-0.25, -0.2) is 0 Å². The summed E-state index contributed by atoms with van der Waals surface area (Å²) in [5.41, 5.74) is 4.00. The maximum atomic E-state index is 4.41. The number of hydrogen-bond donors (Lipinski definition) is 0. The Morgan fingerprint density at radius 1 is 1.11 bits per heavy atom. The average molecular weight is 426 g/mol. The Balaban J connectivity index is 0.00000133. The van der Waals surface area contributed by atoms with E-state index in [0.29, 0.717) is 0 Å². The molecule has 0 saturated heterocycles. The second kappa shape index (κ2) is 5.91. The van der Waals surface area contributed by atoms with E-state index >= 15 is 0 Å². The van der Waals surface area contributed by atoms with Crippen LogP contribution in [0.5, 0.6) is 0 Å². The second-order valence-electron chi connectivity index (χ2n) is 4.02. The van der Waals surface area contributed by atoms with Crippen LogP contribution >= 0.6 is 0 Å². The summed E-state index contributed by atoms with van der Waals surface area (Å²) in [6.45, 7) is 2.04. The van der Waals surface area contributed by atoms with E-state index in [1.165, 1.54) is 0 Å². The summed E-state index contributed by atoms with van der Waals surface area (Å²) < 4.78 is 1.88. The number of nitrogens with zero attached hydrogens (tertiary/aromatic N) is 3. The van der Waals surface area contributed by atoms with Gasteiger partial charge in [-0.2, -0.15) is 29.4 Å². The summed E-state index contributed by atoms with van der Waals surface area (Å²) in [5.74, 6) is 0. The van der Waals surface area contributed by atoms with Crippen LogP contribution in [0.3, 0.4) is 0 Å². The van der Waals surface area contributed by atoms with Gasteiger partial charge in [0.2, 0.25) is 0 Å². The van der Waals surface area contributed by atoms with Gasteiger partial charge < -0.3 is 0 Å². The Hall–Kier alpha value is -1.77. The van der Waals surface area contributed by atoms with E-state index in [0.717, 1.165) is 22.6 Å². The molecule has 0 aliphatic rings. The molecule has 0 spiro atoms. The fourth-order valence-electron chi connectivity index (χ4n) is 1.94. The summed E-state index contributed by atoms with van der Waals surface area (Å²) in [6.07, 6.45) is 3.64. The molecule has 0 fully saturated rings. The Kier molecular flexibility index (Phi) is 4.25. The van der Waals surface area contributed by atoms with Gasteiger partial charge in [0, 0.05) is 37.6 Å². The molecule has 0 aliphatic carbocycles. The van der Waals surface area contributed by atoms with Crippen molar-refractivity contribution in [2.45, 2.75) is 6.92 Å². The first-order valence-electron chi connectivity index (χ1n) is 5.79. The van der Waals surface area contributed by atoms with E-state index in [1.54, 1.807) is 6.20 Å². The molecule has 2 heterocycles. The molecule has 3 rings (SSSR count). The van der Waals surface area contributed by atoms with Gasteiger partial charge in [-0.1, -0.05) is 6.07 Å². The van der Waals surface area contributed by atoms with Crippen molar-refractivity contribution < 1.29 is 20.1 Å². The molecule has 1 aromatic carbocycles. The predicted octanol–water partition coefficient (Wildman–Crippen LogP) is 3.04. The summed E-state index contributed by atoms with van der Waals surface area (Å²) in [4.78, 5) is 4.35. The Labute approximate surface area is 125 Å². The SMILES string of the molecule is Cc1c(-c2ccccn2)cnn1-c1[c-]cccc1.[Ir]. The molecule has 3 aromatic rings. The van der Waals surface area contributed by atoms with E-state index < -0.39 is 0 Å². The van der Waals surface area contributed by atoms with Crippen molar-refractivity contribution in [1.82, 2.24) is 14.8 Å². The topological polar surface area (TPSA) is 30.7 Å². The first-order chi connectivity index (χ1) is 8.86. The average Bonchev–Trinajstić information content (AvgIpc) is 2.83. The minimum absolute atomic E-state index is 0. The molecule has 19 heavy (non-hydrogen) atoms. The van der Waals surface area contributed by atoms with Crippen LogP contribution in [0.1, 0.15) is 5.69 Å². The van der Waals surface area contributed by atoms with Gasteiger partial charge >= 0.3 is 0 Å². The maximum absolute atomic E-state index is 4.41. The summed E-state index contributed by atoms with van der Waals surface area (Å²) in [5, 5.41) is 4.41. The van der Waals surface area contributed by atoms with Crippen LogP contribution in [0, 0.1) is 13.0 Å². The molecule has 0 N–H and O–H groups in total. The molecule has 0 saturated carbocycles. The van der Waals surface area contributed by atoms with Gasteiger partial charge in [0.25, 0.3) is 0 Å². The summed E-state index contributed by atoms with van der Waals surface area (Å²) >= 11 is 0. The van der Waals surface area contributed by atoms with Gasteiger partial charge in [-0.3, -0.25) is 9.67 Å². The van der Waals surface area contributed by atoms with Crippen molar-refractivity contribution in [2.24, 2.45) is 0 Å². The monoisotopic (exact) mass is 427 g/mol. The van der Waals surface area contributed by atoms with E-state index in [4.69, 9.17) is 0 Å². The van der Waals surface area contributed by atoms with Gasteiger partial charge in [0.05, 0.1) is 11.9 Å². The van der Waals surface area contributed by atoms with Crippen molar-refractivity contribution >= 4 is 0 Å². The van der Waals surface area contributed by atoms with Crippen molar-refractivity contribution in [3.8, 4) is 16.9 Å². The zero-order valence-corrected chi connectivity index (χ0v) is 12.8. The Bertz CT molecular complexity index is 591. The third kappa shape index (κ3) is 2.65. The number of para-hydroxylation sites is 1. The number of benzene rings is 1. The predicted molar refractivity (Wildman–Crippen MR) is 70.4 cm³/mol. The normalized spacial score (nSPS) is 9.95. The molecule has 97 valence electrons. The van der Waals surface area contributed by atoms with Crippen LogP contribution in [-0.2, 0) is 20.1 Å². The molecule has 1 radical (unpaired) electrons. The summed E-state index contributed by atoms with van der Waals surface area (Å²) in [7, 11) is 0. The molecule has 0 amide bonds. The molecular weight excluding hydrogens is 414 g/mol. The molecule has 3 nitrogen and oxygen atoms in total. The van der Waals surface area contributed by atoms with Crippen LogP contribution in [0.25, 0.3) is 16.9 Å². The third-order valence-electron chi connectivity index (χ3n) is 2.87. The number of hydrogen-bond acceptors (Lipinski definition) is 2. The van der Waals surface area contributed by atoms with Crippen LogP contribution in [-0.4, -0.2) is 14.8 Å². The first kappa shape index (κ1) is 13.7. The van der Waals surface area contributed by atoms with E-state index in [9.17, 15) is 0 Å². The quantitative estimate of drug-likeness (QED) is 0.590. The number of rotatable bonds is 2. The van der Waals surface area contributed by atoms with Gasteiger partial charge in [-0.05, 0) is 24.7 Å². The molecule has 4 heteroatoms. The van der Waals surface area contributed by atoms with Crippen LogP contribution in [0.2, 0.25) is 0 Å². The first-order valence-corrected chi connectivity index (χ1v) is 5.79. The number of pyridine rings is 1. The van der Waals surface area contributed by atoms with Gasteiger partial charge in [-0.15, -0.1) is 6.07 Å². The van der Waals surface area contributed by atoms with Crippen molar-refractivity contribution in [3.63, 3.8) is 0 Å². The molecule has 0 aliphatic heterocycles. The largest absolute Gasteiger partial charge is 0.262 e. The molecule has 0 unspecified atom stereocenters. The minimum Gasteiger partial charge on any atom is -0.262 e. The summed E-state index contributed by atoms with van der Waals surface area (Å²) in [6, 6.07) is 16.9. The second-order valence-corrected chi connectivity index (χ2v) is 4.02. The van der Waals surface area contributed by atoms with Crippen molar-refractivity contribution in [1.29, 1.82) is 0 Å². The van der Waals surface area contributed by atoms with Crippen molar-refractivity contribution in [2.75, 3.05) is 0 Å². The zero-order valence-electron chi connectivity index (χ0n) is 10.4. The zero-order chi connectivity index (χ0) is 12.4. The molecular formula is C15H12IrN3-. The van der Waals surface area contributed by atoms with E-state index in [-0.39, 0.29) is 20.1 Å². The molecule has 0 atom stereocenters. The maximum Gasteiger partial charge on any atom is 0.0736 e. The fraction of sp³-hybridized carbons (Fsp3) is 0.0667. The van der Waals surface area contributed by atoms with Crippen LogP contribution < -0.4 is 0 Å². The van der Waals surface area contributed by atoms with Crippen LogP contribution in [0.15, 0.2) is 54.9 Å². The van der Waals surface area contributed by atoms with Gasteiger partial charge in [0.15, 0.2) is 0 Å². The van der Waals surface area contributed by atoms with E-state index in [2.05, 4.69) is 16.1 Å². The smallest absolute Gasteiger partial charge is 0.0736 e. The standard InChI is InChI=1S/C15H12N3.Ir/c1-12-14(15-9-5-6-10-16-15)11-17-18(12)13-7-3-2-4-8-13;/h2-7,9-11H,1H3;/q-1;. The van der Waals surface area contributed by atoms with E-state index in [1.807, 2.05) is 60.3 Å². The Morgan fingerprint density at radius 3 is 2.63 bits per heavy atom. The van der Waals surface area contributed by atoms with Gasteiger partial charge in [0.1, 0.15) is 0 Å². The fourth-order valence-corrected chi connectivity index (χ4v) is 1.94. The third-order valence-corrected chi connectivity index (χ3v) is 2.87. The van der Waals surface area contributed by atoms with Crippen LogP contribution in [0.4, 0.5) is 0 Å². The molecule has 0 bridgehead atoms. The Morgan fingerprint density at radius 2 is 1.95 bits per heavy atom. The molecule has 2 aromatic heterocycles.